The molecule has 1 unspecified atom stereocenters. The van der Waals surface area contributed by atoms with Gasteiger partial charge in [0.25, 0.3) is 0 Å². The molecule has 1 saturated heterocycles. The van der Waals surface area contributed by atoms with Crippen LogP contribution in [-0.2, 0) is 14.6 Å². The fourth-order valence-corrected chi connectivity index (χ4v) is 3.12. The van der Waals surface area contributed by atoms with E-state index in [4.69, 9.17) is 5.11 Å². The lowest BCUT2D eigenvalue weighted by atomic mass is 9.86. The minimum Gasteiger partial charge on any atom is -0.481 e. The molecule has 0 saturated carbocycles. The van der Waals surface area contributed by atoms with E-state index in [1.54, 1.807) is 0 Å². The SMILES string of the molecule is CCS(=O)(=O)CCCN1CCC(C(=O)O)(C(F)(F)F)C1. The molecule has 1 rings (SSSR count). The van der Waals surface area contributed by atoms with Crippen molar-refractivity contribution in [2.45, 2.75) is 25.9 Å². The van der Waals surface area contributed by atoms with Gasteiger partial charge in [0.1, 0.15) is 9.84 Å². The predicted octanol–water partition coefficient (Wildman–Crippen LogP) is 1.15. The van der Waals surface area contributed by atoms with Gasteiger partial charge in [-0.2, -0.15) is 13.2 Å². The largest absolute Gasteiger partial charge is 0.481 e. The van der Waals surface area contributed by atoms with Crippen molar-refractivity contribution < 1.29 is 31.5 Å². The van der Waals surface area contributed by atoms with Gasteiger partial charge in [-0.25, -0.2) is 8.42 Å². The van der Waals surface area contributed by atoms with Crippen LogP contribution in [0.25, 0.3) is 0 Å². The highest BCUT2D eigenvalue weighted by molar-refractivity contribution is 7.91. The van der Waals surface area contributed by atoms with Gasteiger partial charge in [-0.05, 0) is 25.9 Å². The lowest BCUT2D eigenvalue weighted by molar-refractivity contribution is -0.227. The van der Waals surface area contributed by atoms with Crippen LogP contribution in [0, 0.1) is 5.41 Å². The molecule has 1 atom stereocenters. The Morgan fingerprint density at radius 1 is 1.40 bits per heavy atom. The second-order valence-corrected chi connectivity index (χ2v) is 7.47. The summed E-state index contributed by atoms with van der Waals surface area (Å²) in [4.78, 5) is 12.3. The van der Waals surface area contributed by atoms with E-state index in [0.29, 0.717) is 0 Å². The number of carboxylic acids is 1. The summed E-state index contributed by atoms with van der Waals surface area (Å²) in [6.07, 6.45) is -5.08. The topological polar surface area (TPSA) is 74.7 Å². The summed E-state index contributed by atoms with van der Waals surface area (Å²) in [5.41, 5.74) is -2.73. The highest BCUT2D eigenvalue weighted by Crippen LogP contribution is 2.45. The number of carboxylic acid groups (broad SMARTS) is 1. The van der Waals surface area contributed by atoms with E-state index in [1.165, 1.54) is 11.8 Å². The number of alkyl halides is 3. The van der Waals surface area contributed by atoms with Gasteiger partial charge in [-0.1, -0.05) is 6.92 Å². The number of nitrogens with zero attached hydrogens (tertiary/aromatic N) is 1. The molecule has 0 aromatic rings. The Balaban J connectivity index is 2.61. The summed E-state index contributed by atoms with van der Waals surface area (Å²) in [6.45, 7) is 1.06. The Morgan fingerprint density at radius 2 is 2.00 bits per heavy atom. The second kappa shape index (κ2) is 5.88. The molecule has 0 radical (unpaired) electrons. The molecule has 0 bridgehead atoms. The molecule has 1 aliphatic rings. The Hall–Kier alpha value is -0.830. The molecule has 1 aliphatic heterocycles. The van der Waals surface area contributed by atoms with E-state index in [-0.39, 0.29) is 31.0 Å². The number of rotatable bonds is 6. The van der Waals surface area contributed by atoms with Gasteiger partial charge < -0.3 is 10.0 Å². The van der Waals surface area contributed by atoms with Crippen LogP contribution in [0.1, 0.15) is 19.8 Å². The second-order valence-electron chi connectivity index (χ2n) is 5.00. The van der Waals surface area contributed by atoms with Crippen molar-refractivity contribution >= 4 is 15.8 Å². The highest BCUT2D eigenvalue weighted by atomic mass is 32.2. The quantitative estimate of drug-likeness (QED) is 0.795. The Labute approximate surface area is 115 Å². The van der Waals surface area contributed by atoms with Crippen LogP contribution in [0.3, 0.4) is 0 Å². The maximum Gasteiger partial charge on any atom is 0.406 e. The summed E-state index contributed by atoms with van der Waals surface area (Å²) < 4.78 is 61.3. The molecule has 20 heavy (non-hydrogen) atoms. The lowest BCUT2D eigenvalue weighted by Crippen LogP contribution is -2.47. The molecule has 9 heteroatoms. The monoisotopic (exact) mass is 317 g/mol. The molecule has 0 aromatic carbocycles. The summed E-state index contributed by atoms with van der Waals surface area (Å²) in [5.74, 6) is -1.96. The zero-order valence-corrected chi connectivity index (χ0v) is 11.9. The third-order valence-corrected chi connectivity index (χ3v) is 5.46. The van der Waals surface area contributed by atoms with Crippen molar-refractivity contribution in [1.29, 1.82) is 0 Å². The van der Waals surface area contributed by atoms with Crippen LogP contribution in [0.2, 0.25) is 0 Å². The molecular formula is C11H18F3NO4S. The van der Waals surface area contributed by atoms with E-state index in [9.17, 15) is 26.4 Å². The summed E-state index contributed by atoms with van der Waals surface area (Å²) >= 11 is 0. The predicted molar refractivity (Wildman–Crippen MR) is 66.1 cm³/mol. The lowest BCUT2D eigenvalue weighted by Gasteiger charge is -2.27. The summed E-state index contributed by atoms with van der Waals surface area (Å²) in [6, 6.07) is 0. The highest BCUT2D eigenvalue weighted by Gasteiger charge is 2.63. The van der Waals surface area contributed by atoms with Crippen LogP contribution >= 0.6 is 0 Å². The number of halogens is 3. The van der Waals surface area contributed by atoms with Gasteiger partial charge in [0, 0.05) is 12.3 Å². The first-order chi connectivity index (χ1) is 9.04. The Bertz CT molecular complexity index is 463. The first-order valence-corrected chi connectivity index (χ1v) is 8.09. The number of sulfone groups is 1. The van der Waals surface area contributed by atoms with E-state index in [2.05, 4.69) is 0 Å². The fraction of sp³-hybridized carbons (Fsp3) is 0.909. The number of aliphatic carboxylic acids is 1. The van der Waals surface area contributed by atoms with E-state index < -0.39 is 40.4 Å². The van der Waals surface area contributed by atoms with E-state index >= 15 is 0 Å². The standard InChI is InChI=1S/C11H18F3NO4S/c1-2-20(18,19)7-3-5-15-6-4-10(8-15,9(16)17)11(12,13)14/h2-8H2,1H3,(H,16,17). The van der Waals surface area contributed by atoms with Crippen LogP contribution in [0.5, 0.6) is 0 Å². The third kappa shape index (κ3) is 3.63. The Kier molecular flexibility index (Phi) is 5.07. The molecule has 1 N–H and O–H groups in total. The van der Waals surface area contributed by atoms with Crippen molar-refractivity contribution in [3.8, 4) is 0 Å². The molecular weight excluding hydrogens is 299 g/mol. The van der Waals surface area contributed by atoms with Crippen LogP contribution in [0.4, 0.5) is 13.2 Å². The molecule has 118 valence electrons. The van der Waals surface area contributed by atoms with Crippen molar-refractivity contribution in [2.75, 3.05) is 31.1 Å². The fourth-order valence-electron chi connectivity index (χ4n) is 2.26. The van der Waals surface area contributed by atoms with Gasteiger partial charge in [0.2, 0.25) is 0 Å². The number of hydrogen-bond acceptors (Lipinski definition) is 4. The first kappa shape index (κ1) is 17.2. The number of carbonyl (C=O) groups is 1. The van der Waals surface area contributed by atoms with Gasteiger partial charge >= 0.3 is 12.1 Å². The zero-order chi connectivity index (χ0) is 15.6. The maximum atomic E-state index is 12.9. The van der Waals surface area contributed by atoms with Crippen molar-refractivity contribution in [3.63, 3.8) is 0 Å². The zero-order valence-electron chi connectivity index (χ0n) is 11.1. The number of hydrogen-bond donors (Lipinski definition) is 1. The molecule has 5 nitrogen and oxygen atoms in total. The Morgan fingerprint density at radius 3 is 2.40 bits per heavy atom. The summed E-state index contributed by atoms with van der Waals surface area (Å²) in [5, 5.41) is 8.87. The van der Waals surface area contributed by atoms with Gasteiger partial charge in [0.15, 0.2) is 5.41 Å². The van der Waals surface area contributed by atoms with Gasteiger partial charge in [-0.15, -0.1) is 0 Å². The van der Waals surface area contributed by atoms with Crippen molar-refractivity contribution in [1.82, 2.24) is 4.90 Å². The molecule has 0 spiro atoms. The average Bonchev–Trinajstić information content (AvgIpc) is 2.74. The minimum absolute atomic E-state index is 0.00534. The first-order valence-electron chi connectivity index (χ1n) is 6.27. The molecule has 0 aromatic heterocycles. The van der Waals surface area contributed by atoms with Crippen molar-refractivity contribution in [2.24, 2.45) is 5.41 Å². The van der Waals surface area contributed by atoms with Crippen molar-refractivity contribution in [3.05, 3.63) is 0 Å². The van der Waals surface area contributed by atoms with Crippen LogP contribution < -0.4 is 0 Å². The van der Waals surface area contributed by atoms with Crippen LogP contribution in [-0.4, -0.2) is 61.7 Å². The minimum atomic E-state index is -4.80. The summed E-state index contributed by atoms with van der Waals surface area (Å²) in [7, 11) is -3.15. The van der Waals surface area contributed by atoms with E-state index in [0.717, 1.165) is 0 Å². The molecule has 1 fully saturated rings. The molecule has 0 amide bonds. The van der Waals surface area contributed by atoms with Gasteiger partial charge in [-0.3, -0.25) is 4.79 Å². The third-order valence-electron chi connectivity index (χ3n) is 3.67. The van der Waals surface area contributed by atoms with Gasteiger partial charge in [0.05, 0.1) is 5.75 Å². The molecule has 1 heterocycles. The maximum absolute atomic E-state index is 12.9. The number of likely N-dealkylation sites (tertiary alicyclic amines) is 1. The smallest absolute Gasteiger partial charge is 0.406 e. The average molecular weight is 317 g/mol. The van der Waals surface area contributed by atoms with E-state index in [1.807, 2.05) is 0 Å². The molecule has 0 aliphatic carbocycles. The van der Waals surface area contributed by atoms with Crippen LogP contribution in [0.15, 0.2) is 0 Å². The normalized spacial score (nSPS) is 25.0.